The average molecular weight is 431 g/mol. The molecule has 31 heavy (non-hydrogen) atoms. The predicted octanol–water partition coefficient (Wildman–Crippen LogP) is 3.55. The minimum absolute atomic E-state index is 0.0491. The molecule has 0 saturated carbocycles. The molecule has 0 amide bonds. The largest absolute Gasteiger partial charge is 0.466 e. The minimum Gasteiger partial charge on any atom is -0.466 e. The number of carbonyl (C=O) groups is 3. The fourth-order valence-corrected chi connectivity index (χ4v) is 3.38. The van der Waals surface area contributed by atoms with E-state index in [4.69, 9.17) is 15.2 Å². The summed E-state index contributed by atoms with van der Waals surface area (Å²) in [5.74, 6) is -1.15. The number of H-pyrrole nitrogens is 1. The van der Waals surface area contributed by atoms with Crippen molar-refractivity contribution in [1.29, 1.82) is 0 Å². The molecule has 1 aromatic carbocycles. The number of esters is 2. The molecule has 0 bridgehead atoms. The zero-order valence-electron chi connectivity index (χ0n) is 18.7. The molecule has 3 N–H and O–H groups in total. The second-order valence-electron chi connectivity index (χ2n) is 8.25. The number of carbonyl (C=O) groups excluding carboxylic acids is 3. The fourth-order valence-electron chi connectivity index (χ4n) is 3.38. The molecule has 0 aliphatic carbocycles. The van der Waals surface area contributed by atoms with Crippen LogP contribution in [0, 0.1) is 11.8 Å². The third-order valence-electron chi connectivity index (χ3n) is 5.21. The van der Waals surface area contributed by atoms with E-state index in [9.17, 15) is 14.4 Å². The molecule has 0 saturated heterocycles. The van der Waals surface area contributed by atoms with Crippen molar-refractivity contribution in [2.75, 3.05) is 13.2 Å². The van der Waals surface area contributed by atoms with Crippen molar-refractivity contribution in [3.8, 4) is 0 Å². The van der Waals surface area contributed by atoms with Crippen LogP contribution >= 0.6 is 0 Å². The van der Waals surface area contributed by atoms with Gasteiger partial charge in [0.05, 0.1) is 19.1 Å². The molecule has 7 nitrogen and oxygen atoms in total. The van der Waals surface area contributed by atoms with Crippen molar-refractivity contribution in [2.45, 2.75) is 58.9 Å². The Labute approximate surface area is 183 Å². The molecular formula is C24H34N2O5. The third-order valence-corrected chi connectivity index (χ3v) is 5.21. The van der Waals surface area contributed by atoms with Gasteiger partial charge in [-0.15, -0.1) is 0 Å². The van der Waals surface area contributed by atoms with Crippen LogP contribution in [0.2, 0.25) is 0 Å². The van der Waals surface area contributed by atoms with Crippen LogP contribution in [0.3, 0.4) is 0 Å². The van der Waals surface area contributed by atoms with E-state index in [-0.39, 0.29) is 31.7 Å². The van der Waals surface area contributed by atoms with Gasteiger partial charge < -0.3 is 20.2 Å². The number of aromatic nitrogens is 1. The number of Topliss-reactive ketones (excluding diaryl/α,β-unsaturated/α-hetero) is 1. The number of fused-ring (bicyclic) bond motifs is 1. The van der Waals surface area contributed by atoms with Crippen LogP contribution in [-0.2, 0) is 30.3 Å². The van der Waals surface area contributed by atoms with Gasteiger partial charge in [0.15, 0.2) is 0 Å². The van der Waals surface area contributed by atoms with Gasteiger partial charge in [-0.25, -0.2) is 0 Å². The minimum atomic E-state index is -0.842. The average Bonchev–Trinajstić information content (AvgIpc) is 3.14. The molecule has 0 spiro atoms. The molecule has 0 radical (unpaired) electrons. The van der Waals surface area contributed by atoms with Crippen molar-refractivity contribution in [3.63, 3.8) is 0 Å². The van der Waals surface area contributed by atoms with Gasteiger partial charge in [-0.1, -0.05) is 32.0 Å². The van der Waals surface area contributed by atoms with Crippen molar-refractivity contribution in [1.82, 2.24) is 4.98 Å². The van der Waals surface area contributed by atoms with Gasteiger partial charge in [0.1, 0.15) is 11.8 Å². The van der Waals surface area contributed by atoms with Crippen molar-refractivity contribution >= 4 is 28.6 Å². The molecule has 0 aliphatic rings. The number of benzene rings is 1. The van der Waals surface area contributed by atoms with Gasteiger partial charge in [-0.2, -0.15) is 0 Å². The Balaban J connectivity index is 1.92. The van der Waals surface area contributed by atoms with Crippen LogP contribution in [0.1, 0.15) is 52.0 Å². The summed E-state index contributed by atoms with van der Waals surface area (Å²) in [6, 6.07) is 6.98. The summed E-state index contributed by atoms with van der Waals surface area (Å²) >= 11 is 0. The van der Waals surface area contributed by atoms with E-state index in [2.05, 4.69) is 4.98 Å². The number of aromatic amines is 1. The molecule has 1 heterocycles. The normalized spacial score (nSPS) is 13.2. The Kier molecular flexibility index (Phi) is 9.72. The van der Waals surface area contributed by atoms with E-state index in [1.165, 1.54) is 0 Å². The second kappa shape index (κ2) is 12.2. The highest BCUT2D eigenvalue weighted by Gasteiger charge is 2.25. The standard InChI is InChI=1S/C24H34N2O5/c1-4-30-23(28)17(13-18-15-26-22-8-6-5-7-20(18)22)14-19(27)9-10-21(25)24(29)31-12-11-16(2)3/h5-8,15-17,21,26H,4,9-14,25H2,1-3H3/t17-,21+/m0/s1. The van der Waals surface area contributed by atoms with Gasteiger partial charge in [-0.3, -0.25) is 14.4 Å². The van der Waals surface area contributed by atoms with Crippen LogP contribution in [-0.4, -0.2) is 42.0 Å². The molecule has 0 unspecified atom stereocenters. The predicted molar refractivity (Wildman–Crippen MR) is 119 cm³/mol. The molecule has 0 aliphatic heterocycles. The van der Waals surface area contributed by atoms with Crippen LogP contribution in [0.5, 0.6) is 0 Å². The summed E-state index contributed by atoms with van der Waals surface area (Å²) in [5, 5.41) is 1.02. The Morgan fingerprint density at radius 1 is 1.06 bits per heavy atom. The first-order valence-electron chi connectivity index (χ1n) is 11.0. The smallest absolute Gasteiger partial charge is 0.322 e. The zero-order valence-corrected chi connectivity index (χ0v) is 18.7. The van der Waals surface area contributed by atoms with E-state index in [0.29, 0.717) is 18.9 Å². The van der Waals surface area contributed by atoms with Gasteiger partial charge >= 0.3 is 11.9 Å². The van der Waals surface area contributed by atoms with Crippen molar-refractivity contribution in [2.24, 2.45) is 17.6 Å². The van der Waals surface area contributed by atoms with Gasteiger partial charge in [0, 0.05) is 29.9 Å². The van der Waals surface area contributed by atoms with Crippen LogP contribution in [0.25, 0.3) is 10.9 Å². The number of hydrogen-bond donors (Lipinski definition) is 2. The van der Waals surface area contributed by atoms with Crippen LogP contribution in [0.15, 0.2) is 30.5 Å². The molecule has 170 valence electrons. The first-order valence-corrected chi connectivity index (χ1v) is 11.0. The first kappa shape index (κ1) is 24.6. The zero-order chi connectivity index (χ0) is 22.8. The number of hydrogen-bond acceptors (Lipinski definition) is 6. The number of ketones is 1. The Hall–Kier alpha value is -2.67. The summed E-state index contributed by atoms with van der Waals surface area (Å²) in [6.45, 7) is 6.41. The lowest BCUT2D eigenvalue weighted by molar-refractivity contribution is -0.150. The van der Waals surface area contributed by atoms with E-state index in [1.807, 2.05) is 44.3 Å². The summed E-state index contributed by atoms with van der Waals surface area (Å²) < 4.78 is 10.3. The fraction of sp³-hybridized carbons (Fsp3) is 0.542. The molecule has 2 aromatic rings. The topological polar surface area (TPSA) is 111 Å². The van der Waals surface area contributed by atoms with Gasteiger partial charge in [0.2, 0.25) is 0 Å². The van der Waals surface area contributed by atoms with Crippen LogP contribution < -0.4 is 5.73 Å². The highest BCUT2D eigenvalue weighted by atomic mass is 16.5. The highest BCUT2D eigenvalue weighted by molar-refractivity contribution is 5.87. The maximum atomic E-state index is 12.6. The maximum Gasteiger partial charge on any atom is 0.322 e. The number of nitrogens with two attached hydrogens (primary N) is 1. The highest BCUT2D eigenvalue weighted by Crippen LogP contribution is 2.23. The summed E-state index contributed by atoms with van der Waals surface area (Å²) in [4.78, 5) is 40.2. The molecular weight excluding hydrogens is 396 g/mol. The SMILES string of the molecule is CCOC(=O)[C@H](CC(=O)CC[C@@H](N)C(=O)OCCC(C)C)Cc1c[nH]c2ccccc12. The summed E-state index contributed by atoms with van der Waals surface area (Å²) in [6.07, 6.45) is 3.40. The number of para-hydroxylation sites is 1. The summed E-state index contributed by atoms with van der Waals surface area (Å²) in [7, 11) is 0. The third kappa shape index (κ3) is 7.83. The number of nitrogens with one attached hydrogen (secondary N) is 1. The molecule has 2 atom stereocenters. The van der Waals surface area contributed by atoms with E-state index in [0.717, 1.165) is 22.9 Å². The molecule has 0 fully saturated rings. The molecule has 1 aromatic heterocycles. The van der Waals surface area contributed by atoms with Gasteiger partial charge in [-0.05, 0) is 43.7 Å². The lowest BCUT2D eigenvalue weighted by atomic mass is 9.92. The Bertz CT molecular complexity index is 874. The number of ether oxygens (including phenoxy) is 2. The molecule has 2 rings (SSSR count). The molecule has 7 heteroatoms. The lowest BCUT2D eigenvalue weighted by Gasteiger charge is -2.16. The monoisotopic (exact) mass is 430 g/mol. The summed E-state index contributed by atoms with van der Waals surface area (Å²) in [5.41, 5.74) is 7.81. The number of rotatable bonds is 13. The van der Waals surface area contributed by atoms with Gasteiger partial charge in [0.25, 0.3) is 0 Å². The lowest BCUT2D eigenvalue weighted by Crippen LogP contribution is -2.33. The quantitative estimate of drug-likeness (QED) is 0.470. The first-order chi connectivity index (χ1) is 14.8. The van der Waals surface area contributed by atoms with Crippen molar-refractivity contribution < 1.29 is 23.9 Å². The van der Waals surface area contributed by atoms with Crippen LogP contribution in [0.4, 0.5) is 0 Å². The van der Waals surface area contributed by atoms with E-state index < -0.39 is 23.9 Å². The van der Waals surface area contributed by atoms with E-state index in [1.54, 1.807) is 6.92 Å². The second-order valence-corrected chi connectivity index (χ2v) is 8.25. The maximum absolute atomic E-state index is 12.6. The Morgan fingerprint density at radius 2 is 1.81 bits per heavy atom. The van der Waals surface area contributed by atoms with Crippen molar-refractivity contribution in [3.05, 3.63) is 36.0 Å². The van der Waals surface area contributed by atoms with E-state index >= 15 is 0 Å². The Morgan fingerprint density at radius 3 is 2.52 bits per heavy atom.